The van der Waals surface area contributed by atoms with E-state index in [0.29, 0.717) is 5.35 Å². The molecule has 0 aliphatic carbocycles. The molecule has 0 unspecified atom stereocenters. The maximum atomic E-state index is 11.2. The van der Waals surface area contributed by atoms with Gasteiger partial charge in [-0.05, 0) is 6.08 Å². The molecule has 0 fully saturated rings. The minimum absolute atomic E-state index is 0.0544. The van der Waals surface area contributed by atoms with Gasteiger partial charge in [0.25, 0.3) is 5.91 Å². The molecule has 0 aromatic carbocycles. The van der Waals surface area contributed by atoms with Crippen molar-refractivity contribution in [2.24, 2.45) is 5.73 Å². The Kier molecular flexibility index (Phi) is 2.16. The van der Waals surface area contributed by atoms with Crippen LogP contribution in [0.5, 0.6) is 0 Å². The highest BCUT2D eigenvalue weighted by Crippen LogP contribution is 2.06. The quantitative estimate of drug-likeness (QED) is 0.608. The summed E-state index contributed by atoms with van der Waals surface area (Å²) in [6.45, 7) is 0.128. The molecule has 0 saturated carbocycles. The molecule has 1 aromatic heterocycles. The van der Waals surface area contributed by atoms with Gasteiger partial charge in [0.05, 0.1) is 10.0 Å². The minimum atomic E-state index is -1.21. The first-order valence-corrected chi connectivity index (χ1v) is 4.93. The van der Waals surface area contributed by atoms with Crippen LogP contribution in [0.25, 0.3) is 11.8 Å². The fourth-order valence-electron chi connectivity index (χ4n) is 1.39. The zero-order valence-corrected chi connectivity index (χ0v) is 8.32. The van der Waals surface area contributed by atoms with Crippen LogP contribution in [0, 0.1) is 0 Å². The van der Waals surface area contributed by atoms with Gasteiger partial charge in [0.2, 0.25) is 0 Å². The number of hydrogen-bond acceptors (Lipinski definition) is 4. The van der Waals surface area contributed by atoms with Crippen LogP contribution in [-0.4, -0.2) is 33.5 Å². The van der Waals surface area contributed by atoms with Crippen molar-refractivity contribution in [1.82, 2.24) is 9.88 Å². The van der Waals surface area contributed by atoms with Crippen LogP contribution in [0.3, 0.4) is 0 Å². The number of nitrogens with zero attached hydrogens (tertiary/aromatic N) is 2. The van der Waals surface area contributed by atoms with E-state index in [1.165, 1.54) is 11.3 Å². The normalized spacial score (nSPS) is 14.4. The predicted molar refractivity (Wildman–Crippen MR) is 53.2 cm³/mol. The zero-order valence-electron chi connectivity index (χ0n) is 7.51. The molecule has 0 radical (unpaired) electrons. The SMILES string of the molecule is NC(=O)C1=c2ncsc2=CCN1C(=O)O. The average Bonchev–Trinajstić information content (AvgIpc) is 2.62. The maximum absolute atomic E-state index is 11.2. The van der Waals surface area contributed by atoms with Gasteiger partial charge in [-0.15, -0.1) is 11.3 Å². The van der Waals surface area contributed by atoms with E-state index < -0.39 is 12.0 Å². The molecule has 2 heterocycles. The van der Waals surface area contributed by atoms with Gasteiger partial charge in [-0.1, -0.05) is 0 Å². The summed E-state index contributed by atoms with van der Waals surface area (Å²) in [5.41, 5.74) is 6.64. The number of aromatic nitrogens is 1. The lowest BCUT2D eigenvalue weighted by Gasteiger charge is -2.19. The van der Waals surface area contributed by atoms with E-state index in [1.54, 1.807) is 11.6 Å². The number of nitrogens with two attached hydrogens (primary N) is 1. The summed E-state index contributed by atoms with van der Waals surface area (Å²) in [5, 5.41) is 9.22. The summed E-state index contributed by atoms with van der Waals surface area (Å²) in [4.78, 5) is 26.8. The van der Waals surface area contributed by atoms with Crippen LogP contribution in [0.2, 0.25) is 0 Å². The number of fused-ring (bicyclic) bond motifs is 1. The van der Waals surface area contributed by atoms with E-state index in [-0.39, 0.29) is 12.2 Å². The van der Waals surface area contributed by atoms with Crippen LogP contribution < -0.4 is 15.6 Å². The lowest BCUT2D eigenvalue weighted by molar-refractivity contribution is -0.113. The molecular weight excluding hydrogens is 218 g/mol. The van der Waals surface area contributed by atoms with E-state index in [4.69, 9.17) is 10.8 Å². The lowest BCUT2D eigenvalue weighted by atomic mass is 10.2. The summed E-state index contributed by atoms with van der Waals surface area (Å²) < 4.78 is 0.779. The zero-order chi connectivity index (χ0) is 11.0. The summed E-state index contributed by atoms with van der Waals surface area (Å²) in [6.07, 6.45) is 0.492. The maximum Gasteiger partial charge on any atom is 0.412 e. The number of thiazole rings is 1. The van der Waals surface area contributed by atoms with Crippen LogP contribution in [0.15, 0.2) is 5.51 Å². The van der Waals surface area contributed by atoms with Crippen molar-refractivity contribution in [3.05, 3.63) is 15.4 Å². The van der Waals surface area contributed by atoms with Gasteiger partial charge >= 0.3 is 6.09 Å². The molecule has 6 nitrogen and oxygen atoms in total. The third-order valence-corrected chi connectivity index (χ3v) is 2.84. The molecule has 1 aromatic rings. The first-order chi connectivity index (χ1) is 7.11. The van der Waals surface area contributed by atoms with Crippen molar-refractivity contribution in [3.63, 3.8) is 0 Å². The molecule has 3 N–H and O–H groups in total. The second-order valence-corrected chi connectivity index (χ2v) is 3.76. The Balaban J connectivity index is 2.75. The fraction of sp³-hybridized carbons (Fsp3) is 0.125. The number of hydrogen-bond donors (Lipinski definition) is 2. The van der Waals surface area contributed by atoms with Crippen molar-refractivity contribution in [3.8, 4) is 0 Å². The molecule has 0 atom stereocenters. The highest BCUT2D eigenvalue weighted by molar-refractivity contribution is 7.07. The standard InChI is InChI=1S/C8H7N3O3S/c9-7(12)6-5-4(15-3-10-5)1-2-11(6)8(13)14/h1,3H,2H2,(H2,9,12)(H,13,14). The average molecular weight is 225 g/mol. The smallest absolute Gasteiger partial charge is 0.412 e. The molecule has 15 heavy (non-hydrogen) atoms. The Hall–Kier alpha value is -1.89. The summed E-state index contributed by atoms with van der Waals surface area (Å²) in [6, 6.07) is 0. The Bertz CT molecular complexity index is 548. The first-order valence-electron chi connectivity index (χ1n) is 4.05. The molecule has 0 saturated heterocycles. The van der Waals surface area contributed by atoms with Crippen LogP contribution in [-0.2, 0) is 4.79 Å². The summed E-state index contributed by atoms with van der Waals surface area (Å²) in [7, 11) is 0. The van der Waals surface area contributed by atoms with E-state index in [9.17, 15) is 9.59 Å². The van der Waals surface area contributed by atoms with Crippen molar-refractivity contribution < 1.29 is 14.7 Å². The van der Waals surface area contributed by atoms with Crippen molar-refractivity contribution in [2.45, 2.75) is 0 Å². The van der Waals surface area contributed by atoms with E-state index in [1.807, 2.05) is 0 Å². The molecule has 7 heteroatoms. The minimum Gasteiger partial charge on any atom is -0.465 e. The van der Waals surface area contributed by atoms with E-state index >= 15 is 0 Å². The topological polar surface area (TPSA) is 96.5 Å². The molecule has 0 bridgehead atoms. The molecule has 0 spiro atoms. The fourth-order valence-corrected chi connectivity index (χ4v) is 2.10. The highest BCUT2D eigenvalue weighted by Gasteiger charge is 2.24. The Morgan fingerprint density at radius 2 is 2.33 bits per heavy atom. The molecule has 1 aliphatic rings. The van der Waals surface area contributed by atoms with Gasteiger partial charge in [0, 0.05) is 6.54 Å². The number of carboxylic acid groups (broad SMARTS) is 1. The molecular formula is C8H7N3O3S. The number of carbonyl (C=O) groups excluding carboxylic acids is 1. The Morgan fingerprint density at radius 3 is 2.93 bits per heavy atom. The first kappa shape index (κ1) is 9.66. The third kappa shape index (κ3) is 1.46. The van der Waals surface area contributed by atoms with E-state index in [2.05, 4.69) is 4.98 Å². The van der Waals surface area contributed by atoms with Crippen LogP contribution >= 0.6 is 11.3 Å². The molecule has 78 valence electrons. The van der Waals surface area contributed by atoms with Gasteiger partial charge in [-0.2, -0.15) is 0 Å². The number of rotatable bonds is 1. The van der Waals surface area contributed by atoms with E-state index in [0.717, 1.165) is 9.43 Å². The molecule has 2 amide bonds. The van der Waals surface area contributed by atoms with Crippen molar-refractivity contribution in [2.75, 3.05) is 6.54 Å². The number of amides is 2. The molecule has 1 aliphatic heterocycles. The summed E-state index contributed by atoms with van der Waals surface area (Å²) in [5.74, 6) is -0.780. The summed E-state index contributed by atoms with van der Waals surface area (Å²) >= 11 is 1.35. The van der Waals surface area contributed by atoms with Gasteiger partial charge in [0.1, 0.15) is 11.0 Å². The molecule has 2 rings (SSSR count). The van der Waals surface area contributed by atoms with Crippen molar-refractivity contribution >= 4 is 35.1 Å². The Labute approximate surface area is 87.9 Å². The van der Waals surface area contributed by atoms with Crippen LogP contribution in [0.4, 0.5) is 4.79 Å². The second kappa shape index (κ2) is 3.35. The number of primary amides is 1. The van der Waals surface area contributed by atoms with Gasteiger partial charge < -0.3 is 10.8 Å². The monoisotopic (exact) mass is 225 g/mol. The Morgan fingerprint density at radius 1 is 1.60 bits per heavy atom. The lowest BCUT2D eigenvalue weighted by Crippen LogP contribution is -2.45. The van der Waals surface area contributed by atoms with Gasteiger partial charge in [-0.25, -0.2) is 9.78 Å². The second-order valence-electron chi connectivity index (χ2n) is 2.88. The van der Waals surface area contributed by atoms with Gasteiger partial charge in [0.15, 0.2) is 0 Å². The van der Waals surface area contributed by atoms with Crippen molar-refractivity contribution in [1.29, 1.82) is 0 Å². The third-order valence-electron chi connectivity index (χ3n) is 2.01. The van der Waals surface area contributed by atoms with Gasteiger partial charge in [-0.3, -0.25) is 9.69 Å². The predicted octanol–water partition coefficient (Wildman–Crippen LogP) is -1.49. The van der Waals surface area contributed by atoms with Crippen LogP contribution in [0.1, 0.15) is 0 Å². The largest absolute Gasteiger partial charge is 0.465 e. The highest BCUT2D eigenvalue weighted by atomic mass is 32.1. The number of carbonyl (C=O) groups is 2.